The lowest BCUT2D eigenvalue weighted by molar-refractivity contribution is 0.289. The largest absolute Gasteiger partial charge is 0.0625 e. The van der Waals surface area contributed by atoms with E-state index < -0.39 is 0 Å². The fourth-order valence-electron chi connectivity index (χ4n) is 4.07. The van der Waals surface area contributed by atoms with Gasteiger partial charge in [0.25, 0.3) is 0 Å². The van der Waals surface area contributed by atoms with Gasteiger partial charge in [-0.25, -0.2) is 0 Å². The van der Waals surface area contributed by atoms with Crippen molar-refractivity contribution in [3.8, 4) is 11.8 Å². The molecule has 0 radical (unpaired) electrons. The van der Waals surface area contributed by atoms with Crippen LogP contribution in [0, 0.1) is 51.4 Å². The quantitative estimate of drug-likeness (QED) is 0.517. The van der Waals surface area contributed by atoms with Crippen molar-refractivity contribution in [3.63, 3.8) is 0 Å². The van der Waals surface area contributed by atoms with Gasteiger partial charge in [0.2, 0.25) is 0 Å². The molecule has 0 N–H and O–H groups in total. The van der Waals surface area contributed by atoms with E-state index in [1.54, 1.807) is 0 Å². The molecule has 1 aliphatic rings. The fraction of sp³-hybridized carbons (Fsp3) is 0.462. The number of hydrogen-bond donors (Lipinski definition) is 0. The van der Waals surface area contributed by atoms with E-state index in [0.717, 1.165) is 23.0 Å². The minimum absolute atomic E-state index is 0. The summed E-state index contributed by atoms with van der Waals surface area (Å²) in [6.07, 6.45) is 6.84. The first kappa shape index (κ1) is 18.8. The van der Waals surface area contributed by atoms with Crippen LogP contribution in [-0.2, 0) is 6.42 Å². The van der Waals surface area contributed by atoms with Gasteiger partial charge >= 0.3 is 0 Å². The number of aryl methyl sites for hydroxylation is 1. The zero-order valence-electron chi connectivity index (χ0n) is 17.1. The summed E-state index contributed by atoms with van der Waals surface area (Å²) in [5.74, 6) is 8.57. The third-order valence-corrected chi connectivity index (χ3v) is 6.44. The van der Waals surface area contributed by atoms with Crippen LogP contribution in [0.5, 0.6) is 0 Å². The molecule has 26 heavy (non-hydrogen) atoms. The van der Waals surface area contributed by atoms with Crippen molar-refractivity contribution >= 4 is 0 Å². The monoisotopic (exact) mass is 346 g/mol. The van der Waals surface area contributed by atoms with E-state index in [1.807, 2.05) is 0 Å². The molecular formula is C26H34. The molecule has 0 saturated heterocycles. The molecule has 0 amide bonds. The van der Waals surface area contributed by atoms with E-state index in [-0.39, 0.29) is 1.43 Å². The Balaban J connectivity index is 0.00000261. The van der Waals surface area contributed by atoms with Crippen LogP contribution < -0.4 is 0 Å². The summed E-state index contributed by atoms with van der Waals surface area (Å²) in [6, 6.07) is 11.2. The Labute approximate surface area is 161 Å². The Hall–Kier alpha value is -2.00. The molecule has 1 saturated carbocycles. The minimum atomic E-state index is 0. The van der Waals surface area contributed by atoms with Crippen LogP contribution in [0.4, 0.5) is 0 Å². The molecule has 2 aromatic rings. The van der Waals surface area contributed by atoms with Crippen molar-refractivity contribution in [1.82, 2.24) is 0 Å². The molecule has 0 atom stereocenters. The van der Waals surface area contributed by atoms with Crippen molar-refractivity contribution in [3.05, 3.63) is 69.3 Å². The highest BCUT2D eigenvalue weighted by Gasteiger charge is 2.18. The van der Waals surface area contributed by atoms with Gasteiger partial charge in [-0.1, -0.05) is 43.7 Å². The van der Waals surface area contributed by atoms with E-state index in [4.69, 9.17) is 0 Å². The van der Waals surface area contributed by atoms with E-state index in [9.17, 15) is 0 Å². The summed E-state index contributed by atoms with van der Waals surface area (Å²) in [4.78, 5) is 0. The van der Waals surface area contributed by atoms with Gasteiger partial charge in [-0.05, 0) is 105 Å². The van der Waals surface area contributed by atoms with Crippen LogP contribution in [0.25, 0.3) is 0 Å². The fourth-order valence-corrected chi connectivity index (χ4v) is 4.07. The Kier molecular flexibility index (Phi) is 5.87. The Morgan fingerprint density at radius 1 is 0.846 bits per heavy atom. The van der Waals surface area contributed by atoms with Gasteiger partial charge in [0.05, 0.1) is 0 Å². The van der Waals surface area contributed by atoms with Gasteiger partial charge in [-0.15, -0.1) is 0 Å². The first-order valence-corrected chi connectivity index (χ1v) is 10.1. The molecule has 3 rings (SSSR count). The maximum Gasteiger partial charge on any atom is 0.0283 e. The average molecular weight is 347 g/mol. The summed E-state index contributed by atoms with van der Waals surface area (Å²) in [5.41, 5.74) is 9.12. The molecule has 1 fully saturated rings. The van der Waals surface area contributed by atoms with E-state index in [2.05, 4.69) is 76.8 Å². The van der Waals surface area contributed by atoms with E-state index in [0.29, 0.717) is 0 Å². The summed E-state index contributed by atoms with van der Waals surface area (Å²) in [6.45, 7) is 11.1. The lowest BCUT2D eigenvalue weighted by atomic mass is 9.80. The Morgan fingerprint density at radius 2 is 1.50 bits per heavy atom. The van der Waals surface area contributed by atoms with Crippen molar-refractivity contribution in [1.29, 1.82) is 0 Å². The summed E-state index contributed by atoms with van der Waals surface area (Å²) in [7, 11) is 0. The highest BCUT2D eigenvalue weighted by molar-refractivity contribution is 5.53. The smallest absolute Gasteiger partial charge is 0.0283 e. The van der Waals surface area contributed by atoms with Gasteiger partial charge < -0.3 is 0 Å². The van der Waals surface area contributed by atoms with Gasteiger partial charge in [0.15, 0.2) is 0 Å². The van der Waals surface area contributed by atoms with Crippen molar-refractivity contribution in [2.75, 3.05) is 0 Å². The number of rotatable bonds is 2. The second kappa shape index (κ2) is 8.13. The Morgan fingerprint density at radius 3 is 2.15 bits per heavy atom. The normalized spacial score (nSPS) is 19.7. The molecule has 0 aromatic heterocycles. The molecule has 0 heteroatoms. The SMILES string of the molecule is Cc1cc(C#Cc2ccc(CC3CCC(C)CC3)cc2)c(C)c(C)c1C.[HH]. The second-order valence-corrected chi connectivity index (χ2v) is 8.39. The van der Waals surface area contributed by atoms with Crippen LogP contribution in [0.1, 0.15) is 73.0 Å². The van der Waals surface area contributed by atoms with Gasteiger partial charge in [0.1, 0.15) is 0 Å². The zero-order valence-corrected chi connectivity index (χ0v) is 17.1. The maximum absolute atomic E-state index is 3.39. The first-order chi connectivity index (χ1) is 12.4. The molecule has 1 aliphatic carbocycles. The van der Waals surface area contributed by atoms with E-state index in [1.165, 1.54) is 59.9 Å². The highest BCUT2D eigenvalue weighted by Crippen LogP contribution is 2.30. The zero-order chi connectivity index (χ0) is 18.7. The molecule has 2 aromatic carbocycles. The lowest BCUT2D eigenvalue weighted by Crippen LogP contribution is -2.14. The van der Waals surface area contributed by atoms with Crippen molar-refractivity contribution in [2.24, 2.45) is 11.8 Å². The third-order valence-electron chi connectivity index (χ3n) is 6.44. The summed E-state index contributed by atoms with van der Waals surface area (Å²) < 4.78 is 0. The topological polar surface area (TPSA) is 0 Å². The predicted molar refractivity (Wildman–Crippen MR) is 115 cm³/mol. The van der Waals surface area contributed by atoms with Gasteiger partial charge in [0, 0.05) is 12.6 Å². The molecule has 0 aliphatic heterocycles. The molecule has 0 bridgehead atoms. The number of benzene rings is 2. The van der Waals surface area contributed by atoms with Crippen LogP contribution in [-0.4, -0.2) is 0 Å². The van der Waals surface area contributed by atoms with Crippen LogP contribution in [0.2, 0.25) is 0 Å². The van der Waals surface area contributed by atoms with Gasteiger partial charge in [-0.3, -0.25) is 0 Å². The van der Waals surface area contributed by atoms with Crippen molar-refractivity contribution in [2.45, 2.75) is 66.7 Å². The van der Waals surface area contributed by atoms with Gasteiger partial charge in [-0.2, -0.15) is 0 Å². The van der Waals surface area contributed by atoms with Crippen LogP contribution in [0.3, 0.4) is 0 Å². The third kappa shape index (κ3) is 4.39. The predicted octanol–water partition coefficient (Wildman–Crippen LogP) is 6.93. The average Bonchev–Trinajstić information content (AvgIpc) is 2.65. The molecule has 0 heterocycles. The first-order valence-electron chi connectivity index (χ1n) is 10.1. The minimum Gasteiger partial charge on any atom is -0.0625 e. The molecule has 0 unspecified atom stereocenters. The molecule has 138 valence electrons. The molecule has 0 nitrogen and oxygen atoms in total. The highest BCUT2D eigenvalue weighted by atomic mass is 14.2. The Bertz CT molecular complexity index is 825. The lowest BCUT2D eigenvalue weighted by Gasteiger charge is -2.26. The number of hydrogen-bond acceptors (Lipinski definition) is 0. The summed E-state index contributed by atoms with van der Waals surface area (Å²) in [5, 5.41) is 0. The van der Waals surface area contributed by atoms with Crippen LogP contribution in [0.15, 0.2) is 30.3 Å². The molecular weight excluding hydrogens is 312 g/mol. The second-order valence-electron chi connectivity index (χ2n) is 8.39. The standard InChI is InChI=1S/C26H32.H2/c1-18-6-8-24(9-7-18)17-25-12-10-23(11-13-25)14-15-26-16-19(2)20(3)21(4)22(26)5;/h10-13,16,18,24H,6-9,17H2,1-5H3;1H. The maximum atomic E-state index is 3.39. The van der Waals surface area contributed by atoms with Crippen molar-refractivity contribution < 1.29 is 1.43 Å². The van der Waals surface area contributed by atoms with Crippen LogP contribution >= 0.6 is 0 Å². The molecule has 0 spiro atoms. The summed E-state index contributed by atoms with van der Waals surface area (Å²) >= 11 is 0. The van der Waals surface area contributed by atoms with E-state index >= 15 is 0 Å².